The van der Waals surface area contributed by atoms with E-state index < -0.39 is 29.2 Å². The van der Waals surface area contributed by atoms with Crippen LogP contribution >= 0.6 is 0 Å². The van der Waals surface area contributed by atoms with Crippen LogP contribution < -0.4 is 10.6 Å². The summed E-state index contributed by atoms with van der Waals surface area (Å²) in [5.74, 6) is -1.69. The molecule has 0 spiro atoms. The number of amides is 2. The van der Waals surface area contributed by atoms with Crippen LogP contribution in [0.25, 0.3) is 0 Å². The first kappa shape index (κ1) is 14.1. The van der Waals surface area contributed by atoms with Gasteiger partial charge in [-0.15, -0.1) is 0 Å². The average molecular weight is 280 g/mol. The van der Waals surface area contributed by atoms with Crippen LogP contribution in [0.15, 0.2) is 22.8 Å². The molecule has 1 saturated carbocycles. The fourth-order valence-corrected chi connectivity index (χ4v) is 1.77. The first-order valence-corrected chi connectivity index (χ1v) is 6.30. The van der Waals surface area contributed by atoms with Crippen molar-refractivity contribution < 1.29 is 23.9 Å². The highest BCUT2D eigenvalue weighted by Crippen LogP contribution is 2.45. The molecule has 1 aliphatic rings. The topological polar surface area (TPSA) is 109 Å². The molecule has 0 saturated heterocycles. The summed E-state index contributed by atoms with van der Waals surface area (Å²) in [5, 5.41) is 14.0. The first-order chi connectivity index (χ1) is 9.44. The second-order valence-electron chi connectivity index (χ2n) is 4.98. The van der Waals surface area contributed by atoms with Gasteiger partial charge in [-0.1, -0.05) is 0 Å². The molecule has 2 amide bonds. The van der Waals surface area contributed by atoms with Gasteiger partial charge in [-0.2, -0.15) is 0 Å². The van der Waals surface area contributed by atoms with Crippen LogP contribution in [0, 0.1) is 5.41 Å². The van der Waals surface area contributed by atoms with E-state index in [9.17, 15) is 14.4 Å². The van der Waals surface area contributed by atoms with Crippen molar-refractivity contribution in [3.63, 3.8) is 0 Å². The number of nitrogens with one attached hydrogen (secondary N) is 2. The number of carboxylic acid groups (broad SMARTS) is 1. The van der Waals surface area contributed by atoms with E-state index in [1.165, 1.54) is 19.3 Å². The molecule has 1 aliphatic carbocycles. The van der Waals surface area contributed by atoms with E-state index in [0.717, 1.165) is 0 Å². The zero-order valence-corrected chi connectivity index (χ0v) is 11.0. The molecule has 0 bridgehead atoms. The fourth-order valence-electron chi connectivity index (χ4n) is 1.77. The Morgan fingerprint density at radius 3 is 2.65 bits per heavy atom. The Hall–Kier alpha value is -2.31. The highest BCUT2D eigenvalue weighted by atomic mass is 16.4. The zero-order valence-electron chi connectivity index (χ0n) is 11.0. The van der Waals surface area contributed by atoms with Gasteiger partial charge in [0.2, 0.25) is 5.91 Å². The number of furan rings is 1. The third-order valence-corrected chi connectivity index (χ3v) is 3.39. The molecule has 1 aromatic rings. The molecular formula is C13H16N2O5. The van der Waals surface area contributed by atoms with Crippen molar-refractivity contribution in [3.8, 4) is 0 Å². The van der Waals surface area contributed by atoms with E-state index in [2.05, 4.69) is 10.6 Å². The quantitative estimate of drug-likeness (QED) is 0.698. The van der Waals surface area contributed by atoms with Crippen LogP contribution in [-0.4, -0.2) is 35.5 Å². The Kier molecular flexibility index (Phi) is 3.78. The van der Waals surface area contributed by atoms with Crippen LogP contribution in [0.5, 0.6) is 0 Å². The lowest BCUT2D eigenvalue weighted by Gasteiger charge is -2.15. The Balaban J connectivity index is 1.81. The van der Waals surface area contributed by atoms with Gasteiger partial charge < -0.3 is 20.2 Å². The number of carbonyl (C=O) groups excluding carboxylic acids is 2. The lowest BCUT2D eigenvalue weighted by molar-refractivity contribution is -0.143. The van der Waals surface area contributed by atoms with Gasteiger partial charge in [0, 0.05) is 6.54 Å². The predicted molar refractivity (Wildman–Crippen MR) is 67.9 cm³/mol. The Morgan fingerprint density at radius 2 is 2.15 bits per heavy atom. The third kappa shape index (κ3) is 2.98. The summed E-state index contributed by atoms with van der Waals surface area (Å²) in [4.78, 5) is 34.4. The van der Waals surface area contributed by atoms with Gasteiger partial charge >= 0.3 is 5.97 Å². The Labute approximate surface area is 115 Å². The molecule has 0 radical (unpaired) electrons. The second-order valence-corrected chi connectivity index (χ2v) is 4.98. The number of rotatable bonds is 6. The van der Waals surface area contributed by atoms with Gasteiger partial charge in [0.25, 0.3) is 5.91 Å². The third-order valence-electron chi connectivity index (χ3n) is 3.39. The van der Waals surface area contributed by atoms with Gasteiger partial charge in [0.05, 0.1) is 11.7 Å². The average Bonchev–Trinajstić information content (AvgIpc) is 3.00. The van der Waals surface area contributed by atoms with Gasteiger partial charge in [-0.25, -0.2) is 0 Å². The predicted octanol–water partition coefficient (Wildman–Crippen LogP) is 0.379. The lowest BCUT2D eigenvalue weighted by atomic mass is 10.1. The molecule has 1 unspecified atom stereocenters. The molecular weight excluding hydrogens is 264 g/mol. The van der Waals surface area contributed by atoms with Crippen molar-refractivity contribution in [2.75, 3.05) is 6.54 Å². The van der Waals surface area contributed by atoms with Gasteiger partial charge in [0.15, 0.2) is 5.76 Å². The standard InChI is InChI=1S/C13H16N2O5/c1-8(15-11(17)9-3-2-6-20-9)10(16)14-7-13(4-5-13)12(18)19/h2-3,6,8H,4-5,7H2,1H3,(H,14,16)(H,15,17)(H,18,19). The van der Waals surface area contributed by atoms with Crippen LogP contribution in [0.4, 0.5) is 0 Å². The van der Waals surface area contributed by atoms with Crippen LogP contribution in [0.2, 0.25) is 0 Å². The van der Waals surface area contributed by atoms with Crippen LogP contribution in [0.3, 0.4) is 0 Å². The highest BCUT2D eigenvalue weighted by Gasteiger charge is 2.50. The van der Waals surface area contributed by atoms with Crippen molar-refractivity contribution in [2.24, 2.45) is 5.41 Å². The Bertz CT molecular complexity index is 519. The van der Waals surface area contributed by atoms with E-state index in [-0.39, 0.29) is 12.3 Å². The van der Waals surface area contributed by atoms with E-state index in [1.54, 1.807) is 6.07 Å². The maximum absolute atomic E-state index is 11.8. The fraction of sp³-hybridized carbons (Fsp3) is 0.462. The normalized spacial score (nSPS) is 17.1. The van der Waals surface area contributed by atoms with Crippen molar-refractivity contribution in [2.45, 2.75) is 25.8 Å². The largest absolute Gasteiger partial charge is 0.481 e. The molecule has 108 valence electrons. The molecule has 7 nitrogen and oxygen atoms in total. The smallest absolute Gasteiger partial charge is 0.311 e. The second kappa shape index (κ2) is 5.36. The van der Waals surface area contributed by atoms with Crippen molar-refractivity contribution in [1.82, 2.24) is 10.6 Å². The summed E-state index contributed by atoms with van der Waals surface area (Å²) >= 11 is 0. The minimum atomic E-state index is -0.898. The maximum atomic E-state index is 11.8. The SMILES string of the molecule is CC(NC(=O)c1ccco1)C(=O)NCC1(C(=O)O)CC1. The van der Waals surface area contributed by atoms with Crippen molar-refractivity contribution >= 4 is 17.8 Å². The molecule has 0 aliphatic heterocycles. The maximum Gasteiger partial charge on any atom is 0.311 e. The van der Waals surface area contributed by atoms with Crippen LogP contribution in [0.1, 0.15) is 30.3 Å². The van der Waals surface area contributed by atoms with Gasteiger partial charge in [0.1, 0.15) is 6.04 Å². The summed E-state index contributed by atoms with van der Waals surface area (Å²) in [6, 6.07) is 2.30. The van der Waals surface area contributed by atoms with Gasteiger partial charge in [-0.3, -0.25) is 14.4 Å². The number of carboxylic acids is 1. The molecule has 7 heteroatoms. The number of hydrogen-bond acceptors (Lipinski definition) is 4. The van der Waals surface area contributed by atoms with E-state index in [4.69, 9.17) is 9.52 Å². The first-order valence-electron chi connectivity index (χ1n) is 6.30. The molecule has 3 N–H and O–H groups in total. The molecule has 20 heavy (non-hydrogen) atoms. The van der Waals surface area contributed by atoms with Crippen molar-refractivity contribution in [3.05, 3.63) is 24.2 Å². The number of aliphatic carboxylic acids is 1. The molecule has 1 aromatic heterocycles. The molecule has 0 aromatic carbocycles. The summed E-state index contributed by atoms with van der Waals surface area (Å²) in [7, 11) is 0. The molecule has 1 fully saturated rings. The summed E-state index contributed by atoms with van der Waals surface area (Å²) in [5.41, 5.74) is -0.819. The lowest BCUT2D eigenvalue weighted by Crippen LogP contribution is -2.46. The van der Waals surface area contributed by atoms with Crippen LogP contribution in [-0.2, 0) is 9.59 Å². The summed E-state index contributed by atoms with van der Waals surface area (Å²) in [6.07, 6.45) is 2.49. The monoisotopic (exact) mass is 280 g/mol. The summed E-state index contributed by atoms with van der Waals surface area (Å²) < 4.78 is 4.91. The van der Waals surface area contributed by atoms with Gasteiger partial charge in [-0.05, 0) is 31.9 Å². The number of carbonyl (C=O) groups is 3. The summed E-state index contributed by atoms with van der Waals surface area (Å²) in [6.45, 7) is 1.61. The Morgan fingerprint density at radius 1 is 1.45 bits per heavy atom. The molecule has 1 atom stereocenters. The molecule has 1 heterocycles. The molecule has 2 rings (SSSR count). The van der Waals surface area contributed by atoms with Crippen molar-refractivity contribution in [1.29, 1.82) is 0 Å². The highest BCUT2D eigenvalue weighted by molar-refractivity contribution is 5.95. The minimum Gasteiger partial charge on any atom is -0.481 e. The van der Waals surface area contributed by atoms with E-state index in [0.29, 0.717) is 12.8 Å². The van der Waals surface area contributed by atoms with E-state index >= 15 is 0 Å². The number of hydrogen-bond donors (Lipinski definition) is 3. The minimum absolute atomic E-state index is 0.0854. The van der Waals surface area contributed by atoms with E-state index in [1.807, 2.05) is 0 Å². The zero-order chi connectivity index (χ0) is 14.8.